The highest BCUT2D eigenvalue weighted by molar-refractivity contribution is 7.07. The molecule has 0 radical (unpaired) electrons. The Balaban J connectivity index is 2.12. The van der Waals surface area contributed by atoms with E-state index in [1.807, 2.05) is 0 Å². The highest BCUT2D eigenvalue weighted by Gasteiger charge is 2.35. The fourth-order valence-electron chi connectivity index (χ4n) is 2.75. The summed E-state index contributed by atoms with van der Waals surface area (Å²) in [4.78, 5) is 0. The lowest BCUT2D eigenvalue weighted by Gasteiger charge is -2.34. The van der Waals surface area contributed by atoms with Gasteiger partial charge in [-0.25, -0.2) is 0 Å². The van der Waals surface area contributed by atoms with E-state index in [1.165, 1.54) is 18.4 Å². The van der Waals surface area contributed by atoms with Gasteiger partial charge in [0.05, 0.1) is 11.5 Å². The molecule has 1 aliphatic carbocycles. The molecule has 1 aliphatic rings. The van der Waals surface area contributed by atoms with Gasteiger partial charge in [0.1, 0.15) is 0 Å². The first-order chi connectivity index (χ1) is 7.24. The van der Waals surface area contributed by atoms with Crippen LogP contribution < -0.4 is 0 Å². The first kappa shape index (κ1) is 10.7. The number of nitrogens with zero attached hydrogens (tertiary/aromatic N) is 1. The van der Waals surface area contributed by atoms with Crippen LogP contribution in [0.15, 0.2) is 16.8 Å². The fraction of sp³-hybridized carbons (Fsp3) is 0.615. The molecule has 2 atom stereocenters. The number of nitriles is 1. The number of thiophene rings is 1. The van der Waals surface area contributed by atoms with Crippen LogP contribution in [0.1, 0.15) is 38.2 Å². The Hall–Kier alpha value is -0.810. The zero-order valence-corrected chi connectivity index (χ0v) is 10.0. The molecule has 80 valence electrons. The van der Waals surface area contributed by atoms with E-state index < -0.39 is 0 Å². The molecule has 1 fully saturated rings. The van der Waals surface area contributed by atoms with Crippen LogP contribution in [-0.4, -0.2) is 0 Å². The molecule has 0 spiro atoms. The van der Waals surface area contributed by atoms with Gasteiger partial charge in [-0.05, 0) is 47.6 Å². The maximum Gasteiger partial charge on any atom is 0.0693 e. The molecular weight excluding hydrogens is 202 g/mol. The third kappa shape index (κ3) is 2.41. The Morgan fingerprint density at radius 2 is 2.53 bits per heavy atom. The van der Waals surface area contributed by atoms with Gasteiger partial charge in [-0.15, -0.1) is 0 Å². The zero-order chi connectivity index (χ0) is 10.7. The summed E-state index contributed by atoms with van der Waals surface area (Å²) >= 11 is 1.73. The van der Waals surface area contributed by atoms with Crippen LogP contribution in [0.5, 0.6) is 0 Å². The van der Waals surface area contributed by atoms with Crippen molar-refractivity contribution in [2.75, 3.05) is 0 Å². The van der Waals surface area contributed by atoms with Gasteiger partial charge in [-0.2, -0.15) is 16.6 Å². The molecule has 1 nitrogen and oxygen atoms in total. The smallest absolute Gasteiger partial charge is 0.0693 e. The second-order valence-electron chi connectivity index (χ2n) is 4.90. The maximum absolute atomic E-state index is 9.41. The lowest BCUT2D eigenvalue weighted by molar-refractivity contribution is 0.209. The van der Waals surface area contributed by atoms with Crippen molar-refractivity contribution in [3.63, 3.8) is 0 Å². The summed E-state index contributed by atoms with van der Waals surface area (Å²) in [6, 6.07) is 4.75. The normalized spacial score (nSPS) is 31.1. The van der Waals surface area contributed by atoms with E-state index in [0.717, 1.165) is 25.2 Å². The van der Waals surface area contributed by atoms with Crippen molar-refractivity contribution in [3.05, 3.63) is 22.4 Å². The Morgan fingerprint density at radius 3 is 3.13 bits per heavy atom. The van der Waals surface area contributed by atoms with E-state index in [-0.39, 0.29) is 5.41 Å². The Kier molecular flexibility index (Phi) is 3.11. The van der Waals surface area contributed by atoms with Gasteiger partial charge in [0.15, 0.2) is 0 Å². The third-order valence-electron chi connectivity index (χ3n) is 3.45. The summed E-state index contributed by atoms with van der Waals surface area (Å²) in [7, 11) is 0. The minimum absolute atomic E-state index is 0.0707. The summed E-state index contributed by atoms with van der Waals surface area (Å²) in [5.41, 5.74) is 1.27. The van der Waals surface area contributed by atoms with Crippen molar-refractivity contribution < 1.29 is 0 Å². The van der Waals surface area contributed by atoms with Crippen LogP contribution in [0.2, 0.25) is 0 Å². The first-order valence-corrected chi connectivity index (χ1v) is 6.61. The number of rotatable bonds is 2. The SMILES string of the molecule is CC1CCCC(C#N)(Cc2ccsc2)C1. The van der Waals surface area contributed by atoms with Crippen molar-refractivity contribution in [3.8, 4) is 6.07 Å². The summed E-state index contributed by atoms with van der Waals surface area (Å²) in [6.45, 7) is 2.28. The maximum atomic E-state index is 9.41. The molecule has 0 saturated heterocycles. The highest BCUT2D eigenvalue weighted by Crippen LogP contribution is 2.41. The fourth-order valence-corrected chi connectivity index (χ4v) is 3.41. The second-order valence-corrected chi connectivity index (χ2v) is 5.68. The molecule has 0 aromatic carbocycles. The van der Waals surface area contributed by atoms with Gasteiger partial charge in [0.2, 0.25) is 0 Å². The van der Waals surface area contributed by atoms with E-state index in [1.54, 1.807) is 11.3 Å². The molecule has 1 aromatic rings. The van der Waals surface area contributed by atoms with Gasteiger partial charge in [-0.1, -0.05) is 19.8 Å². The van der Waals surface area contributed by atoms with E-state index in [0.29, 0.717) is 0 Å². The Labute approximate surface area is 95.7 Å². The van der Waals surface area contributed by atoms with Gasteiger partial charge in [0, 0.05) is 0 Å². The number of hydrogen-bond donors (Lipinski definition) is 0. The van der Waals surface area contributed by atoms with Crippen molar-refractivity contribution >= 4 is 11.3 Å². The van der Waals surface area contributed by atoms with E-state index in [9.17, 15) is 5.26 Å². The molecule has 0 N–H and O–H groups in total. The molecule has 2 heteroatoms. The van der Waals surface area contributed by atoms with Gasteiger partial charge >= 0.3 is 0 Å². The van der Waals surface area contributed by atoms with Crippen molar-refractivity contribution in [1.29, 1.82) is 5.26 Å². The molecule has 0 amide bonds. The van der Waals surface area contributed by atoms with E-state index in [2.05, 4.69) is 29.8 Å². The molecule has 0 aliphatic heterocycles. The highest BCUT2D eigenvalue weighted by atomic mass is 32.1. The first-order valence-electron chi connectivity index (χ1n) is 5.66. The second kappa shape index (κ2) is 4.37. The molecular formula is C13H17NS. The third-order valence-corrected chi connectivity index (χ3v) is 4.18. The molecule has 1 heterocycles. The van der Waals surface area contributed by atoms with Crippen LogP contribution in [-0.2, 0) is 6.42 Å². The zero-order valence-electron chi connectivity index (χ0n) is 9.20. The Bertz CT molecular complexity index is 349. The summed E-state index contributed by atoms with van der Waals surface area (Å²) in [5.74, 6) is 0.719. The molecule has 15 heavy (non-hydrogen) atoms. The van der Waals surface area contributed by atoms with Gasteiger partial charge in [0.25, 0.3) is 0 Å². The monoisotopic (exact) mass is 219 g/mol. The molecule has 0 bridgehead atoms. The van der Waals surface area contributed by atoms with Crippen molar-refractivity contribution in [2.24, 2.45) is 11.3 Å². The van der Waals surface area contributed by atoms with E-state index >= 15 is 0 Å². The lowest BCUT2D eigenvalue weighted by Crippen LogP contribution is -2.28. The van der Waals surface area contributed by atoms with Crippen LogP contribution in [0, 0.1) is 22.7 Å². The molecule has 1 saturated carbocycles. The quantitative estimate of drug-likeness (QED) is 0.737. The van der Waals surface area contributed by atoms with Crippen LogP contribution in [0.3, 0.4) is 0 Å². The van der Waals surface area contributed by atoms with Crippen molar-refractivity contribution in [2.45, 2.75) is 39.0 Å². The van der Waals surface area contributed by atoms with Crippen LogP contribution in [0.25, 0.3) is 0 Å². The van der Waals surface area contributed by atoms with Crippen LogP contribution >= 0.6 is 11.3 Å². The topological polar surface area (TPSA) is 23.8 Å². The average molecular weight is 219 g/mol. The molecule has 2 unspecified atom stereocenters. The predicted molar refractivity (Wildman–Crippen MR) is 63.7 cm³/mol. The van der Waals surface area contributed by atoms with Gasteiger partial charge in [-0.3, -0.25) is 0 Å². The standard InChI is InChI=1S/C13H17NS/c1-11-3-2-5-13(7-11,10-14)8-12-4-6-15-9-12/h4,6,9,11H,2-3,5,7-8H2,1H3. The van der Waals surface area contributed by atoms with Gasteiger partial charge < -0.3 is 0 Å². The average Bonchev–Trinajstić information content (AvgIpc) is 2.70. The minimum Gasteiger partial charge on any atom is -0.198 e. The summed E-state index contributed by atoms with van der Waals surface area (Å²) in [6.07, 6.45) is 5.65. The molecule has 2 rings (SSSR count). The molecule has 1 aromatic heterocycles. The van der Waals surface area contributed by atoms with Crippen LogP contribution in [0.4, 0.5) is 0 Å². The summed E-state index contributed by atoms with van der Waals surface area (Å²) in [5, 5.41) is 13.7. The Morgan fingerprint density at radius 1 is 1.67 bits per heavy atom. The summed E-state index contributed by atoms with van der Waals surface area (Å²) < 4.78 is 0. The lowest BCUT2D eigenvalue weighted by atomic mass is 9.68. The predicted octanol–water partition coefficient (Wildman–Crippen LogP) is 4.01. The van der Waals surface area contributed by atoms with E-state index in [4.69, 9.17) is 0 Å². The van der Waals surface area contributed by atoms with Crippen molar-refractivity contribution in [1.82, 2.24) is 0 Å². The number of hydrogen-bond acceptors (Lipinski definition) is 2. The largest absolute Gasteiger partial charge is 0.198 e. The minimum atomic E-state index is -0.0707.